The van der Waals surface area contributed by atoms with Crippen LogP contribution >= 0.6 is 0 Å². The maximum atomic E-state index is 13.0. The van der Waals surface area contributed by atoms with E-state index in [0.29, 0.717) is 32.1 Å². The van der Waals surface area contributed by atoms with E-state index in [1.165, 1.54) is 0 Å². The molecule has 1 aromatic carbocycles. The van der Waals surface area contributed by atoms with Crippen LogP contribution in [-0.4, -0.2) is 48.0 Å². The second-order valence-corrected chi connectivity index (χ2v) is 15.3. The van der Waals surface area contributed by atoms with Crippen LogP contribution in [0.5, 0.6) is 0 Å². The second kappa shape index (κ2) is 10.4. The molecule has 0 radical (unpaired) electrons. The molecule has 1 aromatic rings. The Labute approximate surface area is 233 Å². The third-order valence-corrected chi connectivity index (χ3v) is 13.3. The van der Waals surface area contributed by atoms with Gasteiger partial charge in [0.2, 0.25) is 0 Å². The van der Waals surface area contributed by atoms with Gasteiger partial charge in [0.15, 0.2) is 0 Å². The van der Waals surface area contributed by atoms with Gasteiger partial charge in [0.25, 0.3) is 10.1 Å². The first-order valence-electron chi connectivity index (χ1n) is 14.8. The molecule has 3 N–H and O–H groups in total. The zero-order chi connectivity index (χ0) is 28.3. The number of aliphatic hydroxyl groups is 2. The highest BCUT2D eigenvalue weighted by molar-refractivity contribution is 7.86. The molecule has 39 heavy (non-hydrogen) atoms. The largest absolute Gasteiger partial charge is 0.481 e. The molecule has 0 aliphatic heterocycles. The zero-order valence-electron chi connectivity index (χ0n) is 23.8. The Kier molecular flexibility index (Phi) is 7.75. The summed E-state index contributed by atoms with van der Waals surface area (Å²) in [7, 11) is -3.86. The van der Waals surface area contributed by atoms with Crippen molar-refractivity contribution in [1.29, 1.82) is 0 Å². The normalized spacial score (nSPS) is 42.7. The summed E-state index contributed by atoms with van der Waals surface area (Å²) >= 11 is 0. The van der Waals surface area contributed by atoms with Crippen molar-refractivity contribution in [2.45, 2.75) is 109 Å². The first-order valence-corrected chi connectivity index (χ1v) is 16.3. The predicted octanol–water partition coefficient (Wildman–Crippen LogP) is 5.17. The van der Waals surface area contributed by atoms with E-state index in [-0.39, 0.29) is 57.7 Å². The topological polar surface area (TPSA) is 121 Å². The molecule has 7 nitrogen and oxygen atoms in total. The summed E-state index contributed by atoms with van der Waals surface area (Å²) in [5.74, 6) is 0.267. The number of aliphatic carboxylic acids is 1. The minimum atomic E-state index is -3.86. The molecule has 4 unspecified atom stereocenters. The van der Waals surface area contributed by atoms with E-state index in [9.17, 15) is 28.5 Å². The molecule has 4 aliphatic rings. The van der Waals surface area contributed by atoms with Crippen LogP contribution < -0.4 is 0 Å². The molecular weight excluding hydrogens is 516 g/mol. The van der Waals surface area contributed by atoms with E-state index in [1.807, 2.05) is 6.92 Å². The molecule has 4 aliphatic carbocycles. The number of carboxylic acid groups (broad SMARTS) is 1. The Morgan fingerprint density at radius 3 is 2.41 bits per heavy atom. The van der Waals surface area contributed by atoms with Gasteiger partial charge >= 0.3 is 5.97 Å². The molecule has 218 valence electrons. The number of fused-ring (bicyclic) bond motifs is 5. The van der Waals surface area contributed by atoms with Crippen LogP contribution in [0.4, 0.5) is 0 Å². The smallest absolute Gasteiger partial charge is 0.303 e. The van der Waals surface area contributed by atoms with Crippen molar-refractivity contribution in [2.24, 2.45) is 46.3 Å². The Balaban J connectivity index is 1.33. The lowest BCUT2D eigenvalue weighted by Crippen LogP contribution is -2.62. The van der Waals surface area contributed by atoms with Crippen LogP contribution in [0.25, 0.3) is 0 Å². The molecule has 8 heteroatoms. The Bertz CT molecular complexity index is 1170. The van der Waals surface area contributed by atoms with Crippen LogP contribution in [0.2, 0.25) is 0 Å². The molecule has 0 heterocycles. The number of hydrogen-bond acceptors (Lipinski definition) is 6. The summed E-state index contributed by atoms with van der Waals surface area (Å²) in [5, 5.41) is 32.5. The molecule has 0 spiro atoms. The summed E-state index contributed by atoms with van der Waals surface area (Å²) in [4.78, 5) is 11.4. The van der Waals surface area contributed by atoms with E-state index in [0.717, 1.165) is 24.8 Å². The van der Waals surface area contributed by atoms with Crippen molar-refractivity contribution in [3.63, 3.8) is 0 Å². The number of aryl methyl sites for hydroxylation is 1. The number of carboxylic acids is 1. The van der Waals surface area contributed by atoms with E-state index in [2.05, 4.69) is 20.8 Å². The molecular formula is C31H46O7S. The van der Waals surface area contributed by atoms with Gasteiger partial charge in [-0.2, -0.15) is 8.42 Å². The third-order valence-electron chi connectivity index (χ3n) is 11.9. The summed E-state index contributed by atoms with van der Waals surface area (Å²) in [5.41, 5.74) is 0.570. The maximum absolute atomic E-state index is 13.0. The summed E-state index contributed by atoms with van der Waals surface area (Å²) in [6.45, 7) is 8.52. The van der Waals surface area contributed by atoms with Crippen molar-refractivity contribution < 1.29 is 32.7 Å². The zero-order valence-corrected chi connectivity index (χ0v) is 24.6. The fourth-order valence-electron chi connectivity index (χ4n) is 9.69. The SMILES string of the molecule is Cc1ccc(S(=O)(=O)O[C@@H]2CC[C@@]3(C)C(C2)C[C@@H](O)C2C3C[C@H](O)[C@@]3(C)C2CC[C@@H]3[C@H](C)CCC(=O)O)cc1. The summed E-state index contributed by atoms with van der Waals surface area (Å²) < 4.78 is 31.7. The Hall–Kier alpha value is -1.48. The minimum Gasteiger partial charge on any atom is -0.481 e. The highest BCUT2D eigenvalue weighted by atomic mass is 32.2. The number of aliphatic hydroxyl groups excluding tert-OH is 2. The minimum absolute atomic E-state index is 0.0906. The fraction of sp³-hybridized carbons (Fsp3) is 0.774. The first-order chi connectivity index (χ1) is 18.3. The van der Waals surface area contributed by atoms with E-state index < -0.39 is 34.4 Å². The van der Waals surface area contributed by atoms with Gasteiger partial charge in [0.1, 0.15) is 0 Å². The van der Waals surface area contributed by atoms with Crippen LogP contribution in [0, 0.1) is 53.3 Å². The van der Waals surface area contributed by atoms with Gasteiger partial charge in [-0.05, 0) is 117 Å². The van der Waals surface area contributed by atoms with Crippen molar-refractivity contribution >= 4 is 16.1 Å². The number of rotatable bonds is 7. The van der Waals surface area contributed by atoms with Gasteiger partial charge < -0.3 is 15.3 Å². The molecule has 4 saturated carbocycles. The highest BCUT2D eigenvalue weighted by Gasteiger charge is 2.65. The van der Waals surface area contributed by atoms with Crippen molar-refractivity contribution in [3.05, 3.63) is 29.8 Å². The van der Waals surface area contributed by atoms with Crippen molar-refractivity contribution in [2.75, 3.05) is 0 Å². The lowest BCUT2D eigenvalue weighted by atomic mass is 9.43. The van der Waals surface area contributed by atoms with E-state index in [4.69, 9.17) is 4.18 Å². The highest BCUT2D eigenvalue weighted by Crippen LogP contribution is 2.68. The quantitative estimate of drug-likeness (QED) is 0.392. The van der Waals surface area contributed by atoms with E-state index >= 15 is 0 Å². The molecule has 4 fully saturated rings. The van der Waals surface area contributed by atoms with Crippen LogP contribution in [-0.2, 0) is 19.1 Å². The van der Waals surface area contributed by atoms with Gasteiger partial charge in [0, 0.05) is 6.42 Å². The van der Waals surface area contributed by atoms with Crippen molar-refractivity contribution in [3.8, 4) is 0 Å². The van der Waals surface area contributed by atoms with Crippen LogP contribution in [0.3, 0.4) is 0 Å². The fourth-order valence-corrected chi connectivity index (χ4v) is 10.8. The average Bonchev–Trinajstić information content (AvgIpc) is 3.22. The van der Waals surface area contributed by atoms with Gasteiger partial charge in [0.05, 0.1) is 23.2 Å². The standard InChI is InChI=1S/C31H46O7S/c1-18-5-8-22(9-6-18)39(36,37)38-21-13-14-30(3)20(15-21)16-26(32)29-24-11-10-23(19(2)7-12-28(34)35)31(24,4)27(33)17-25(29)30/h5-6,8-9,19-21,23-27,29,32-33H,7,10-17H2,1-4H3,(H,34,35)/t19-,20?,21-,23-,24?,25?,26-,27+,29?,30+,31-/m1/s1. The Morgan fingerprint density at radius 2 is 1.74 bits per heavy atom. The van der Waals surface area contributed by atoms with Crippen LogP contribution in [0.15, 0.2) is 29.2 Å². The van der Waals surface area contributed by atoms with Crippen molar-refractivity contribution in [1.82, 2.24) is 0 Å². The second-order valence-electron chi connectivity index (χ2n) is 13.8. The predicted molar refractivity (Wildman–Crippen MR) is 147 cm³/mol. The number of carbonyl (C=O) groups is 1. The Morgan fingerprint density at radius 1 is 1.05 bits per heavy atom. The lowest BCUT2D eigenvalue weighted by molar-refractivity contribution is -0.206. The molecule has 5 rings (SSSR count). The first kappa shape index (κ1) is 29.0. The van der Waals surface area contributed by atoms with Crippen LogP contribution in [0.1, 0.15) is 84.1 Å². The van der Waals surface area contributed by atoms with Gasteiger partial charge in [-0.25, -0.2) is 0 Å². The molecule has 0 saturated heterocycles. The molecule has 0 bridgehead atoms. The van der Waals surface area contributed by atoms with Gasteiger partial charge in [-0.15, -0.1) is 0 Å². The number of benzene rings is 1. The summed E-state index contributed by atoms with van der Waals surface area (Å²) in [6.07, 6.45) is 4.57. The van der Waals surface area contributed by atoms with Gasteiger partial charge in [-0.1, -0.05) is 38.5 Å². The third kappa shape index (κ3) is 4.98. The average molecular weight is 563 g/mol. The van der Waals surface area contributed by atoms with Gasteiger partial charge in [-0.3, -0.25) is 8.98 Å². The molecule has 11 atom stereocenters. The lowest BCUT2D eigenvalue weighted by Gasteiger charge is -2.63. The number of hydrogen-bond donors (Lipinski definition) is 3. The van der Waals surface area contributed by atoms with E-state index in [1.54, 1.807) is 24.3 Å². The summed E-state index contributed by atoms with van der Waals surface area (Å²) in [6, 6.07) is 6.72. The monoisotopic (exact) mass is 562 g/mol. The maximum Gasteiger partial charge on any atom is 0.303 e. The molecule has 0 aromatic heterocycles. The molecule has 0 amide bonds.